The maximum atomic E-state index is 12.3. The van der Waals surface area contributed by atoms with E-state index in [1.807, 2.05) is 12.1 Å². The Bertz CT molecular complexity index is 1020. The molecule has 0 saturated carbocycles. The van der Waals surface area contributed by atoms with Crippen molar-refractivity contribution in [3.05, 3.63) is 52.2 Å². The largest absolute Gasteiger partial charge is 0.356 e. The van der Waals surface area contributed by atoms with Crippen LogP contribution in [0.5, 0.6) is 0 Å². The van der Waals surface area contributed by atoms with E-state index in [1.54, 1.807) is 23.1 Å². The summed E-state index contributed by atoms with van der Waals surface area (Å²) in [6.45, 7) is 2.43. The molecule has 1 aliphatic carbocycles. The van der Waals surface area contributed by atoms with Gasteiger partial charge in [-0.3, -0.25) is 9.78 Å². The van der Waals surface area contributed by atoms with Crippen LogP contribution < -0.4 is 10.5 Å². The Hall–Kier alpha value is -2.83. The van der Waals surface area contributed by atoms with Crippen LogP contribution in [0.3, 0.4) is 0 Å². The predicted octanol–water partition coefficient (Wildman–Crippen LogP) is 1.60. The first-order chi connectivity index (χ1) is 12.8. The van der Waals surface area contributed by atoms with Crippen LogP contribution in [0.25, 0.3) is 11.2 Å². The standard InChI is InChI=1S/C19H20N6O/c26-18-9-14-3-1-2-4-15(14)23-25(18)12-13-10-24(11-13)17-6-5-16-19(22-17)21-8-7-20-16/h5-9,13H,1-4,10-12H2. The Morgan fingerprint density at radius 3 is 2.85 bits per heavy atom. The van der Waals surface area contributed by atoms with Gasteiger partial charge in [0.15, 0.2) is 5.65 Å². The van der Waals surface area contributed by atoms with E-state index in [-0.39, 0.29) is 5.56 Å². The lowest BCUT2D eigenvalue weighted by Gasteiger charge is -2.40. The van der Waals surface area contributed by atoms with Gasteiger partial charge in [0.05, 0.1) is 12.2 Å². The lowest BCUT2D eigenvalue weighted by Crippen LogP contribution is -2.50. The van der Waals surface area contributed by atoms with E-state index < -0.39 is 0 Å². The van der Waals surface area contributed by atoms with Crippen LogP contribution in [0.15, 0.2) is 35.4 Å². The number of rotatable bonds is 3. The zero-order valence-corrected chi connectivity index (χ0v) is 14.5. The van der Waals surface area contributed by atoms with Crippen molar-refractivity contribution in [2.45, 2.75) is 32.2 Å². The maximum absolute atomic E-state index is 12.3. The number of fused-ring (bicyclic) bond motifs is 2. The summed E-state index contributed by atoms with van der Waals surface area (Å²) in [6, 6.07) is 5.73. The number of pyridine rings is 1. The first kappa shape index (κ1) is 15.4. The average Bonchev–Trinajstić information content (AvgIpc) is 2.64. The van der Waals surface area contributed by atoms with Crippen LogP contribution in [-0.4, -0.2) is 37.8 Å². The first-order valence-corrected chi connectivity index (χ1v) is 9.19. The molecule has 1 fully saturated rings. The Morgan fingerprint density at radius 2 is 1.92 bits per heavy atom. The molecule has 1 saturated heterocycles. The Morgan fingerprint density at radius 1 is 1.08 bits per heavy atom. The molecular formula is C19H20N6O. The van der Waals surface area contributed by atoms with Gasteiger partial charge < -0.3 is 4.90 Å². The summed E-state index contributed by atoms with van der Waals surface area (Å²) in [6.07, 6.45) is 7.66. The molecule has 0 unspecified atom stereocenters. The van der Waals surface area contributed by atoms with Gasteiger partial charge in [-0.25, -0.2) is 14.6 Å². The van der Waals surface area contributed by atoms with Gasteiger partial charge >= 0.3 is 0 Å². The second-order valence-corrected chi connectivity index (χ2v) is 7.18. The van der Waals surface area contributed by atoms with E-state index in [4.69, 9.17) is 0 Å². The van der Waals surface area contributed by atoms with Crippen LogP contribution in [-0.2, 0) is 19.4 Å². The van der Waals surface area contributed by atoms with Crippen molar-refractivity contribution in [2.75, 3.05) is 18.0 Å². The second-order valence-electron chi connectivity index (χ2n) is 7.18. The zero-order chi connectivity index (χ0) is 17.5. The fourth-order valence-electron chi connectivity index (χ4n) is 3.87. The van der Waals surface area contributed by atoms with Crippen molar-refractivity contribution in [3.8, 4) is 0 Å². The third kappa shape index (κ3) is 2.73. The lowest BCUT2D eigenvalue weighted by atomic mass is 9.96. The van der Waals surface area contributed by atoms with Crippen LogP contribution >= 0.6 is 0 Å². The van der Waals surface area contributed by atoms with Gasteiger partial charge in [-0.1, -0.05) is 0 Å². The summed E-state index contributed by atoms with van der Waals surface area (Å²) in [5.74, 6) is 1.33. The van der Waals surface area contributed by atoms with E-state index in [2.05, 4.69) is 25.0 Å². The van der Waals surface area contributed by atoms with E-state index in [9.17, 15) is 4.79 Å². The molecule has 3 aromatic heterocycles. The number of aromatic nitrogens is 5. The van der Waals surface area contributed by atoms with Gasteiger partial charge in [0.25, 0.3) is 5.56 Å². The third-order valence-corrected chi connectivity index (χ3v) is 5.30. The topological polar surface area (TPSA) is 76.8 Å². The minimum atomic E-state index is 0.0307. The molecule has 7 heteroatoms. The Labute approximate surface area is 150 Å². The number of nitrogens with zero attached hydrogens (tertiary/aromatic N) is 6. The highest BCUT2D eigenvalue weighted by molar-refractivity contribution is 5.71. The van der Waals surface area contributed by atoms with Gasteiger partial charge in [0, 0.05) is 37.5 Å². The summed E-state index contributed by atoms with van der Waals surface area (Å²) in [7, 11) is 0. The minimum absolute atomic E-state index is 0.0307. The van der Waals surface area contributed by atoms with E-state index >= 15 is 0 Å². The third-order valence-electron chi connectivity index (χ3n) is 5.30. The van der Waals surface area contributed by atoms with Crippen LogP contribution in [0.4, 0.5) is 5.82 Å². The van der Waals surface area contributed by atoms with Crippen LogP contribution in [0.1, 0.15) is 24.1 Å². The molecule has 4 heterocycles. The SMILES string of the molecule is O=c1cc2c(nn1CC1CN(c3ccc4nccnc4n3)C1)CCCC2. The zero-order valence-electron chi connectivity index (χ0n) is 14.5. The summed E-state index contributed by atoms with van der Waals surface area (Å²) in [5, 5.41) is 4.63. The summed E-state index contributed by atoms with van der Waals surface area (Å²) in [4.78, 5) is 27.6. The molecular weight excluding hydrogens is 328 g/mol. The number of hydrogen-bond acceptors (Lipinski definition) is 6. The van der Waals surface area contributed by atoms with Gasteiger partial charge in [0.2, 0.25) is 0 Å². The normalized spacial score (nSPS) is 17.2. The van der Waals surface area contributed by atoms with Crippen molar-refractivity contribution in [3.63, 3.8) is 0 Å². The Kier molecular flexibility index (Phi) is 3.65. The second kappa shape index (κ2) is 6.16. The maximum Gasteiger partial charge on any atom is 0.267 e. The van der Waals surface area contributed by atoms with Gasteiger partial charge in [0.1, 0.15) is 11.3 Å². The monoisotopic (exact) mass is 348 g/mol. The number of anilines is 1. The van der Waals surface area contributed by atoms with Crippen molar-refractivity contribution in [2.24, 2.45) is 5.92 Å². The molecule has 0 bridgehead atoms. The molecule has 5 rings (SSSR count). The van der Waals surface area contributed by atoms with Crippen molar-refractivity contribution >= 4 is 17.0 Å². The van der Waals surface area contributed by atoms with Crippen LogP contribution in [0, 0.1) is 5.92 Å². The number of aryl methyl sites for hydroxylation is 2. The van der Waals surface area contributed by atoms with E-state index in [1.165, 1.54) is 12.8 Å². The molecule has 0 radical (unpaired) electrons. The summed E-state index contributed by atoms with van der Waals surface area (Å²) < 4.78 is 1.66. The van der Waals surface area contributed by atoms with Crippen LogP contribution in [0.2, 0.25) is 0 Å². The van der Waals surface area contributed by atoms with Crippen molar-refractivity contribution in [1.82, 2.24) is 24.7 Å². The average molecular weight is 348 g/mol. The van der Waals surface area contributed by atoms with Gasteiger partial charge in [-0.05, 0) is 43.4 Å². The highest BCUT2D eigenvalue weighted by Crippen LogP contribution is 2.25. The first-order valence-electron chi connectivity index (χ1n) is 9.19. The molecule has 0 amide bonds. The minimum Gasteiger partial charge on any atom is -0.356 e. The van der Waals surface area contributed by atoms with Gasteiger partial charge in [-0.15, -0.1) is 0 Å². The smallest absolute Gasteiger partial charge is 0.267 e. The summed E-state index contributed by atoms with van der Waals surface area (Å²) >= 11 is 0. The van der Waals surface area contributed by atoms with E-state index in [0.29, 0.717) is 18.1 Å². The molecule has 0 aromatic carbocycles. The molecule has 26 heavy (non-hydrogen) atoms. The molecule has 0 spiro atoms. The van der Waals surface area contributed by atoms with E-state index in [0.717, 1.165) is 48.5 Å². The summed E-state index contributed by atoms with van der Waals surface area (Å²) in [5.41, 5.74) is 3.76. The fourth-order valence-corrected chi connectivity index (χ4v) is 3.87. The van der Waals surface area contributed by atoms with Gasteiger partial charge in [-0.2, -0.15) is 5.10 Å². The number of hydrogen-bond donors (Lipinski definition) is 0. The lowest BCUT2D eigenvalue weighted by molar-refractivity contribution is 0.330. The molecule has 1 aliphatic heterocycles. The Balaban J connectivity index is 1.29. The molecule has 3 aromatic rings. The quantitative estimate of drug-likeness (QED) is 0.715. The predicted molar refractivity (Wildman–Crippen MR) is 98.2 cm³/mol. The molecule has 7 nitrogen and oxygen atoms in total. The van der Waals surface area contributed by atoms with Crippen molar-refractivity contribution < 1.29 is 0 Å². The fraction of sp³-hybridized carbons (Fsp3) is 0.421. The molecule has 132 valence electrons. The molecule has 2 aliphatic rings. The highest BCUT2D eigenvalue weighted by Gasteiger charge is 2.29. The van der Waals surface area contributed by atoms with Crippen molar-refractivity contribution in [1.29, 1.82) is 0 Å². The molecule has 0 N–H and O–H groups in total. The highest BCUT2D eigenvalue weighted by atomic mass is 16.1. The molecule has 0 atom stereocenters.